The lowest BCUT2D eigenvalue weighted by Crippen LogP contribution is -2.52. The summed E-state index contributed by atoms with van der Waals surface area (Å²) in [5.41, 5.74) is 0. The third-order valence-electron chi connectivity index (χ3n) is 2.44. The lowest BCUT2D eigenvalue weighted by atomic mass is 10.3. The molecular formula is C12H22N2O4S2. The van der Waals surface area contributed by atoms with E-state index in [9.17, 15) is 9.59 Å². The van der Waals surface area contributed by atoms with E-state index in [4.69, 9.17) is 9.84 Å². The molecule has 0 spiro atoms. The molecule has 0 radical (unpaired) electrons. The summed E-state index contributed by atoms with van der Waals surface area (Å²) < 4.78 is 5.22. The first-order valence-electron chi connectivity index (χ1n) is 6.46. The van der Waals surface area contributed by atoms with Gasteiger partial charge in [0.1, 0.15) is 6.04 Å². The Morgan fingerprint density at radius 3 is 2.45 bits per heavy atom. The maximum atomic E-state index is 12.0. The largest absolute Gasteiger partial charge is 0.480 e. The number of hydrogen-bond acceptors (Lipinski definition) is 5. The first-order valence-corrected chi connectivity index (χ1v) is 8.78. The van der Waals surface area contributed by atoms with E-state index in [1.165, 1.54) is 10.8 Å². The molecule has 0 aliphatic carbocycles. The van der Waals surface area contributed by atoms with E-state index in [1.807, 2.05) is 0 Å². The van der Waals surface area contributed by atoms with Gasteiger partial charge in [-0.15, -0.1) is 0 Å². The predicted molar refractivity (Wildman–Crippen MR) is 82.1 cm³/mol. The van der Waals surface area contributed by atoms with Crippen molar-refractivity contribution in [2.45, 2.75) is 31.6 Å². The van der Waals surface area contributed by atoms with Gasteiger partial charge in [0.2, 0.25) is 0 Å². The number of rotatable bonds is 5. The van der Waals surface area contributed by atoms with Gasteiger partial charge in [0.15, 0.2) is 0 Å². The van der Waals surface area contributed by atoms with E-state index in [2.05, 4.69) is 26.1 Å². The Morgan fingerprint density at radius 2 is 1.95 bits per heavy atom. The molecule has 1 unspecified atom stereocenters. The van der Waals surface area contributed by atoms with Gasteiger partial charge in [-0.25, -0.2) is 9.59 Å². The molecule has 1 aliphatic heterocycles. The second kappa shape index (κ2) is 7.99. The van der Waals surface area contributed by atoms with E-state index in [0.29, 0.717) is 32.1 Å². The van der Waals surface area contributed by atoms with Crippen molar-refractivity contribution in [2.24, 2.45) is 0 Å². The summed E-state index contributed by atoms with van der Waals surface area (Å²) in [5, 5.41) is 11.7. The Balaban J connectivity index is 2.41. The van der Waals surface area contributed by atoms with Crippen LogP contribution in [0.2, 0.25) is 0 Å². The first kappa shape index (κ1) is 17.5. The maximum Gasteiger partial charge on any atom is 0.327 e. The highest BCUT2D eigenvalue weighted by Crippen LogP contribution is 2.35. The van der Waals surface area contributed by atoms with Crippen molar-refractivity contribution in [2.75, 3.05) is 32.1 Å². The van der Waals surface area contributed by atoms with Crippen molar-refractivity contribution in [3.05, 3.63) is 0 Å². The van der Waals surface area contributed by atoms with Crippen molar-refractivity contribution in [3.63, 3.8) is 0 Å². The van der Waals surface area contributed by atoms with Crippen LogP contribution in [0.5, 0.6) is 0 Å². The van der Waals surface area contributed by atoms with E-state index >= 15 is 0 Å². The SMILES string of the molecule is CC(C)(C)SSCC(NC(=O)N1CCOCC1)C(=O)O. The molecule has 1 rings (SSSR count). The molecule has 1 fully saturated rings. The zero-order chi connectivity index (χ0) is 15.2. The highest BCUT2D eigenvalue weighted by molar-refractivity contribution is 8.77. The lowest BCUT2D eigenvalue weighted by Gasteiger charge is -2.28. The zero-order valence-corrected chi connectivity index (χ0v) is 13.7. The fourth-order valence-corrected chi connectivity index (χ4v) is 3.92. The van der Waals surface area contributed by atoms with Gasteiger partial charge in [-0.3, -0.25) is 0 Å². The number of hydrogen-bond donors (Lipinski definition) is 2. The van der Waals surface area contributed by atoms with Gasteiger partial charge in [0.25, 0.3) is 0 Å². The molecule has 0 aromatic carbocycles. The van der Waals surface area contributed by atoms with Crippen molar-refractivity contribution in [3.8, 4) is 0 Å². The smallest absolute Gasteiger partial charge is 0.327 e. The fraction of sp³-hybridized carbons (Fsp3) is 0.833. The van der Waals surface area contributed by atoms with Gasteiger partial charge in [-0.1, -0.05) is 42.4 Å². The highest BCUT2D eigenvalue weighted by atomic mass is 33.1. The molecule has 8 heteroatoms. The molecule has 2 amide bonds. The Kier molecular flexibility index (Phi) is 6.97. The van der Waals surface area contributed by atoms with Crippen molar-refractivity contribution >= 4 is 33.6 Å². The number of nitrogens with one attached hydrogen (secondary N) is 1. The van der Waals surface area contributed by atoms with Gasteiger partial charge in [-0.2, -0.15) is 0 Å². The molecule has 1 heterocycles. The summed E-state index contributed by atoms with van der Waals surface area (Å²) in [7, 11) is 3.07. The number of carboxylic acid groups (broad SMARTS) is 1. The number of nitrogens with zero attached hydrogens (tertiary/aromatic N) is 1. The molecule has 1 atom stereocenters. The van der Waals surface area contributed by atoms with Gasteiger partial charge >= 0.3 is 12.0 Å². The van der Waals surface area contributed by atoms with Crippen LogP contribution in [0.1, 0.15) is 20.8 Å². The quantitative estimate of drug-likeness (QED) is 0.750. The summed E-state index contributed by atoms with van der Waals surface area (Å²) in [6.45, 7) is 8.19. The van der Waals surface area contributed by atoms with Crippen LogP contribution in [0, 0.1) is 0 Å². The van der Waals surface area contributed by atoms with E-state index in [0.717, 1.165) is 0 Å². The van der Waals surface area contributed by atoms with E-state index < -0.39 is 12.0 Å². The van der Waals surface area contributed by atoms with Crippen molar-refractivity contribution in [1.29, 1.82) is 0 Å². The molecule has 0 aromatic rings. The number of urea groups is 1. The predicted octanol–water partition coefficient (Wildman–Crippen LogP) is 1.66. The average molecular weight is 322 g/mol. The molecule has 116 valence electrons. The molecule has 2 N–H and O–H groups in total. The number of amides is 2. The second-order valence-corrected chi connectivity index (χ2v) is 8.59. The standard InChI is InChI=1S/C12H22N2O4S2/c1-12(2,3)20-19-8-9(10(15)16)13-11(17)14-4-6-18-7-5-14/h9H,4-8H2,1-3H3,(H,13,17)(H,15,16). The molecule has 0 aromatic heterocycles. The number of aliphatic carboxylic acids is 1. The average Bonchev–Trinajstić information content (AvgIpc) is 2.37. The minimum atomic E-state index is -1.01. The highest BCUT2D eigenvalue weighted by Gasteiger charge is 2.25. The summed E-state index contributed by atoms with van der Waals surface area (Å²) >= 11 is 0. The van der Waals surface area contributed by atoms with E-state index in [-0.39, 0.29) is 10.8 Å². The van der Waals surface area contributed by atoms with Crippen LogP contribution in [0.15, 0.2) is 0 Å². The van der Waals surface area contributed by atoms with Crippen molar-refractivity contribution < 1.29 is 19.4 Å². The molecule has 0 saturated carbocycles. The van der Waals surface area contributed by atoms with Gasteiger partial charge < -0.3 is 20.1 Å². The lowest BCUT2D eigenvalue weighted by molar-refractivity contribution is -0.138. The number of morpholine rings is 1. The van der Waals surface area contributed by atoms with Crippen LogP contribution in [0.4, 0.5) is 4.79 Å². The molecule has 1 aliphatic rings. The molecule has 20 heavy (non-hydrogen) atoms. The summed E-state index contributed by atoms with van der Waals surface area (Å²) in [5.74, 6) is -0.665. The normalized spacial score (nSPS) is 17.6. The minimum Gasteiger partial charge on any atom is -0.480 e. The van der Waals surface area contributed by atoms with Crippen molar-refractivity contribution in [1.82, 2.24) is 10.2 Å². The topological polar surface area (TPSA) is 78.9 Å². The second-order valence-electron chi connectivity index (χ2n) is 5.42. The zero-order valence-electron chi connectivity index (χ0n) is 12.0. The number of carbonyl (C=O) groups is 2. The molecule has 6 nitrogen and oxygen atoms in total. The Bertz CT molecular complexity index is 341. The number of carboxylic acids is 1. The first-order chi connectivity index (χ1) is 9.29. The van der Waals surface area contributed by atoms with Crippen LogP contribution in [0.25, 0.3) is 0 Å². The third-order valence-corrected chi connectivity index (χ3v) is 5.79. The molecule has 0 bridgehead atoms. The van der Waals surface area contributed by atoms with Gasteiger partial charge in [0.05, 0.1) is 13.2 Å². The van der Waals surface area contributed by atoms with Gasteiger partial charge in [-0.05, 0) is 0 Å². The summed E-state index contributed by atoms with van der Waals surface area (Å²) in [6, 6.07) is -1.20. The Labute approximate surface area is 127 Å². The van der Waals surface area contributed by atoms with Crippen LogP contribution in [0.3, 0.4) is 0 Å². The summed E-state index contributed by atoms with van der Waals surface area (Å²) in [4.78, 5) is 24.7. The third kappa shape index (κ3) is 6.71. The maximum absolute atomic E-state index is 12.0. The molecular weight excluding hydrogens is 300 g/mol. The Hall–Kier alpha value is -0.600. The van der Waals surface area contributed by atoms with Crippen LogP contribution in [-0.2, 0) is 9.53 Å². The Morgan fingerprint density at radius 1 is 1.35 bits per heavy atom. The van der Waals surface area contributed by atoms with Crippen LogP contribution < -0.4 is 5.32 Å². The minimum absolute atomic E-state index is 0.0575. The van der Waals surface area contributed by atoms with Crippen LogP contribution in [-0.4, -0.2) is 64.9 Å². The van der Waals surface area contributed by atoms with Gasteiger partial charge in [0, 0.05) is 23.6 Å². The monoisotopic (exact) mass is 322 g/mol. The van der Waals surface area contributed by atoms with Crippen LogP contribution >= 0.6 is 21.6 Å². The summed E-state index contributed by atoms with van der Waals surface area (Å²) in [6.07, 6.45) is 0. The number of carbonyl (C=O) groups excluding carboxylic acids is 1. The fourth-order valence-electron chi connectivity index (χ4n) is 1.46. The molecule has 1 saturated heterocycles. The number of ether oxygens (including phenoxy) is 1. The van der Waals surface area contributed by atoms with E-state index in [1.54, 1.807) is 15.7 Å².